The Morgan fingerprint density at radius 3 is 2.94 bits per heavy atom. The maximum Gasteiger partial charge on any atom is 0.0837 e. The molecule has 0 fully saturated rings. The number of nitrogens with zero attached hydrogens (tertiary/aromatic N) is 2. The molecule has 0 amide bonds. The lowest BCUT2D eigenvalue weighted by molar-refractivity contribution is 0.561. The lowest BCUT2D eigenvalue weighted by Gasteiger charge is -2.15. The maximum absolute atomic E-state index is 6.38. The lowest BCUT2D eigenvalue weighted by Crippen LogP contribution is -2.18. The lowest BCUT2D eigenvalue weighted by atomic mass is 10.1. The Hall–Kier alpha value is -0.840. The molecule has 0 aromatic carbocycles. The summed E-state index contributed by atoms with van der Waals surface area (Å²) in [6, 6.07) is 1.95. The van der Waals surface area contributed by atoms with Crippen molar-refractivity contribution in [3.63, 3.8) is 0 Å². The molecule has 2 rings (SSSR count). The molecule has 0 saturated carbocycles. The van der Waals surface area contributed by atoms with E-state index in [1.165, 1.54) is 10.4 Å². The smallest absolute Gasteiger partial charge is 0.0837 e. The van der Waals surface area contributed by atoms with Crippen LogP contribution in [0.2, 0.25) is 5.02 Å². The van der Waals surface area contributed by atoms with Crippen LogP contribution in [0.5, 0.6) is 0 Å². The number of aromatic nitrogens is 2. The second-order valence-corrected chi connectivity index (χ2v) is 5.60. The molecule has 0 aliphatic heterocycles. The summed E-state index contributed by atoms with van der Waals surface area (Å²) >= 11 is 7.92. The van der Waals surface area contributed by atoms with Crippen molar-refractivity contribution in [2.45, 2.75) is 39.3 Å². The summed E-state index contributed by atoms with van der Waals surface area (Å²) in [7, 11) is 0. The van der Waals surface area contributed by atoms with Crippen LogP contribution < -0.4 is 5.73 Å². The largest absolute Gasteiger partial charge is 0.318 e. The van der Waals surface area contributed by atoms with E-state index in [2.05, 4.69) is 30.4 Å². The summed E-state index contributed by atoms with van der Waals surface area (Å²) in [5.74, 6) is 0. The standard InChI is InChI=1S/C13H18ClN3S/c1-3-6-17-12(10(14)8-16-17)11(15)13-9(4-2)5-7-18-13/h5,7-8,11H,3-4,6,15H2,1-2H3. The number of rotatable bonds is 5. The highest BCUT2D eigenvalue weighted by Gasteiger charge is 2.21. The van der Waals surface area contributed by atoms with E-state index in [9.17, 15) is 0 Å². The van der Waals surface area contributed by atoms with E-state index in [1.807, 2.05) is 4.68 Å². The number of hydrogen-bond donors (Lipinski definition) is 1. The number of hydrogen-bond acceptors (Lipinski definition) is 3. The van der Waals surface area contributed by atoms with Gasteiger partial charge in [-0.25, -0.2) is 0 Å². The Labute approximate surface area is 117 Å². The molecule has 18 heavy (non-hydrogen) atoms. The fourth-order valence-electron chi connectivity index (χ4n) is 2.11. The molecule has 0 radical (unpaired) electrons. The highest BCUT2D eigenvalue weighted by atomic mass is 35.5. The molecule has 2 N–H and O–H groups in total. The first-order chi connectivity index (χ1) is 8.69. The van der Waals surface area contributed by atoms with Gasteiger partial charge in [0.1, 0.15) is 0 Å². The van der Waals surface area contributed by atoms with Crippen molar-refractivity contribution in [1.82, 2.24) is 9.78 Å². The number of halogens is 1. The second-order valence-electron chi connectivity index (χ2n) is 4.24. The van der Waals surface area contributed by atoms with Crippen molar-refractivity contribution in [3.8, 4) is 0 Å². The minimum Gasteiger partial charge on any atom is -0.318 e. The molecular formula is C13H18ClN3S. The van der Waals surface area contributed by atoms with Gasteiger partial charge in [0, 0.05) is 11.4 Å². The Morgan fingerprint density at radius 2 is 2.28 bits per heavy atom. The summed E-state index contributed by atoms with van der Waals surface area (Å²) in [4.78, 5) is 1.19. The topological polar surface area (TPSA) is 43.8 Å². The average Bonchev–Trinajstić information content (AvgIpc) is 2.96. The van der Waals surface area contributed by atoms with Crippen LogP contribution >= 0.6 is 22.9 Å². The van der Waals surface area contributed by atoms with E-state index in [0.29, 0.717) is 5.02 Å². The summed E-state index contributed by atoms with van der Waals surface area (Å²) in [5.41, 5.74) is 8.60. The molecule has 0 saturated heterocycles. The first-order valence-electron chi connectivity index (χ1n) is 6.22. The van der Waals surface area contributed by atoms with Crippen molar-refractivity contribution in [3.05, 3.63) is 38.8 Å². The second kappa shape index (κ2) is 5.87. The fraction of sp³-hybridized carbons (Fsp3) is 0.462. The Bertz CT molecular complexity index is 518. The minimum absolute atomic E-state index is 0.179. The van der Waals surface area contributed by atoms with Gasteiger partial charge in [0.25, 0.3) is 0 Å². The van der Waals surface area contributed by atoms with Crippen LogP contribution in [0, 0.1) is 0 Å². The summed E-state index contributed by atoms with van der Waals surface area (Å²) in [5, 5.41) is 7.05. The summed E-state index contributed by atoms with van der Waals surface area (Å²) in [6.07, 6.45) is 3.69. The predicted molar refractivity (Wildman–Crippen MR) is 77.3 cm³/mol. The number of thiophene rings is 1. The van der Waals surface area contributed by atoms with Gasteiger partial charge in [-0.3, -0.25) is 4.68 Å². The van der Waals surface area contributed by atoms with Crippen molar-refractivity contribution in [2.75, 3.05) is 0 Å². The Morgan fingerprint density at radius 1 is 1.50 bits per heavy atom. The molecule has 2 heterocycles. The quantitative estimate of drug-likeness (QED) is 0.911. The normalized spacial score (nSPS) is 12.9. The molecule has 2 aromatic heterocycles. The Balaban J connectivity index is 2.39. The minimum atomic E-state index is -0.179. The first-order valence-corrected chi connectivity index (χ1v) is 7.47. The van der Waals surface area contributed by atoms with Gasteiger partial charge < -0.3 is 5.73 Å². The molecule has 2 aromatic rings. The van der Waals surface area contributed by atoms with Gasteiger partial charge in [0.2, 0.25) is 0 Å². The van der Waals surface area contributed by atoms with E-state index in [0.717, 1.165) is 25.1 Å². The van der Waals surface area contributed by atoms with Crippen LogP contribution in [0.4, 0.5) is 0 Å². The van der Waals surface area contributed by atoms with Crippen LogP contribution in [0.25, 0.3) is 0 Å². The van der Waals surface area contributed by atoms with Crippen LogP contribution in [-0.2, 0) is 13.0 Å². The van der Waals surface area contributed by atoms with E-state index in [4.69, 9.17) is 17.3 Å². The van der Waals surface area contributed by atoms with E-state index in [1.54, 1.807) is 17.5 Å². The monoisotopic (exact) mass is 283 g/mol. The van der Waals surface area contributed by atoms with Crippen LogP contribution in [0.3, 0.4) is 0 Å². The van der Waals surface area contributed by atoms with Gasteiger partial charge in [-0.05, 0) is 29.9 Å². The number of aryl methyl sites for hydroxylation is 2. The molecule has 0 bridgehead atoms. The van der Waals surface area contributed by atoms with Gasteiger partial charge in [0.05, 0.1) is 23.0 Å². The van der Waals surface area contributed by atoms with Gasteiger partial charge >= 0.3 is 0 Å². The molecule has 3 nitrogen and oxygen atoms in total. The molecule has 1 atom stereocenters. The molecule has 0 spiro atoms. The SMILES string of the molecule is CCCn1ncc(Cl)c1C(N)c1sccc1CC. The van der Waals surface area contributed by atoms with Crippen LogP contribution in [-0.4, -0.2) is 9.78 Å². The third-order valence-electron chi connectivity index (χ3n) is 3.01. The molecule has 98 valence electrons. The van der Waals surface area contributed by atoms with E-state index >= 15 is 0 Å². The molecular weight excluding hydrogens is 266 g/mol. The van der Waals surface area contributed by atoms with Crippen LogP contribution in [0.1, 0.15) is 42.4 Å². The van der Waals surface area contributed by atoms with Gasteiger partial charge in [-0.15, -0.1) is 11.3 Å². The molecule has 0 aliphatic rings. The average molecular weight is 284 g/mol. The van der Waals surface area contributed by atoms with Gasteiger partial charge in [-0.1, -0.05) is 25.4 Å². The maximum atomic E-state index is 6.38. The van der Waals surface area contributed by atoms with Crippen LogP contribution in [0.15, 0.2) is 17.6 Å². The highest BCUT2D eigenvalue weighted by Crippen LogP contribution is 2.32. The summed E-state index contributed by atoms with van der Waals surface area (Å²) in [6.45, 7) is 5.11. The third-order valence-corrected chi connectivity index (χ3v) is 4.34. The summed E-state index contributed by atoms with van der Waals surface area (Å²) < 4.78 is 1.92. The van der Waals surface area contributed by atoms with E-state index in [-0.39, 0.29) is 6.04 Å². The zero-order valence-electron chi connectivity index (χ0n) is 10.7. The first kappa shape index (κ1) is 13.6. The highest BCUT2D eigenvalue weighted by molar-refractivity contribution is 7.10. The zero-order valence-corrected chi connectivity index (χ0v) is 12.3. The van der Waals surface area contributed by atoms with Crippen molar-refractivity contribution in [1.29, 1.82) is 0 Å². The van der Waals surface area contributed by atoms with Crippen molar-refractivity contribution >= 4 is 22.9 Å². The van der Waals surface area contributed by atoms with Crippen molar-refractivity contribution in [2.24, 2.45) is 5.73 Å². The molecule has 5 heteroatoms. The van der Waals surface area contributed by atoms with Gasteiger partial charge in [-0.2, -0.15) is 5.10 Å². The zero-order chi connectivity index (χ0) is 13.1. The number of nitrogens with two attached hydrogens (primary N) is 1. The molecule has 0 aliphatic carbocycles. The fourth-order valence-corrected chi connectivity index (χ4v) is 3.37. The third kappa shape index (κ3) is 2.46. The molecule has 1 unspecified atom stereocenters. The van der Waals surface area contributed by atoms with E-state index < -0.39 is 0 Å². The Kier molecular flexibility index (Phi) is 4.43. The van der Waals surface area contributed by atoms with Gasteiger partial charge in [0.15, 0.2) is 0 Å². The predicted octanol–water partition coefficient (Wildman–Crippen LogP) is 3.62. The van der Waals surface area contributed by atoms with Crippen molar-refractivity contribution < 1.29 is 0 Å².